The molecule has 0 saturated heterocycles. The number of ether oxygens (including phenoxy) is 2. The van der Waals surface area contributed by atoms with Gasteiger partial charge in [0, 0.05) is 35.7 Å². The highest BCUT2D eigenvalue weighted by molar-refractivity contribution is 6.51. The number of Topliss-reactive ketones (excluding diaryl/α,β-unsaturated/α-hetero) is 1. The number of nitrogens with zero attached hydrogens (tertiary/aromatic N) is 3. The van der Waals surface area contributed by atoms with Crippen molar-refractivity contribution in [1.29, 1.82) is 0 Å². The minimum atomic E-state index is -0.728. The standard InChI is InChI=1S/C22H18N4O6/c1-2-31-19-13-16(20(25-23)21(27)14-9-11-24-12-10-14)5-8-18(19)32-22(28)15-3-6-17(7-4-15)26(29)30/h3-13H,2,23H2,1H3/b25-20+. The molecular formula is C22H18N4O6. The third-order valence-electron chi connectivity index (χ3n) is 4.32. The van der Waals surface area contributed by atoms with Crippen molar-refractivity contribution in [3.05, 3.63) is 93.8 Å². The van der Waals surface area contributed by atoms with Crippen LogP contribution in [0.15, 0.2) is 72.1 Å². The molecule has 3 aromatic rings. The second-order valence-electron chi connectivity index (χ2n) is 6.33. The van der Waals surface area contributed by atoms with Gasteiger partial charge in [-0.05, 0) is 49.4 Å². The Morgan fingerprint density at radius 2 is 1.66 bits per heavy atom. The van der Waals surface area contributed by atoms with Crippen LogP contribution < -0.4 is 15.3 Å². The largest absolute Gasteiger partial charge is 0.490 e. The summed E-state index contributed by atoms with van der Waals surface area (Å²) in [5, 5.41) is 14.4. The van der Waals surface area contributed by atoms with Crippen LogP contribution >= 0.6 is 0 Å². The van der Waals surface area contributed by atoms with Crippen LogP contribution in [-0.2, 0) is 0 Å². The van der Waals surface area contributed by atoms with Crippen molar-refractivity contribution in [2.75, 3.05) is 6.61 Å². The maximum Gasteiger partial charge on any atom is 0.343 e. The number of hydrazone groups is 1. The molecule has 1 heterocycles. The lowest BCUT2D eigenvalue weighted by Crippen LogP contribution is -2.18. The number of nitro benzene ring substituents is 1. The number of hydrogen-bond donors (Lipinski definition) is 1. The maximum atomic E-state index is 12.8. The third kappa shape index (κ3) is 4.93. The molecule has 0 bridgehead atoms. The lowest BCUT2D eigenvalue weighted by molar-refractivity contribution is -0.384. The summed E-state index contributed by atoms with van der Waals surface area (Å²) in [6, 6.07) is 12.5. The Labute approximate surface area is 182 Å². The van der Waals surface area contributed by atoms with Gasteiger partial charge in [0.1, 0.15) is 5.71 Å². The van der Waals surface area contributed by atoms with Crippen LogP contribution in [0, 0.1) is 10.1 Å². The minimum Gasteiger partial charge on any atom is -0.490 e. The first-order valence-corrected chi connectivity index (χ1v) is 9.41. The Morgan fingerprint density at radius 1 is 1.00 bits per heavy atom. The van der Waals surface area contributed by atoms with E-state index in [1.165, 1.54) is 67.0 Å². The fraction of sp³-hybridized carbons (Fsp3) is 0.0909. The van der Waals surface area contributed by atoms with Crippen molar-refractivity contribution in [2.24, 2.45) is 10.9 Å². The fourth-order valence-corrected chi connectivity index (χ4v) is 2.79. The van der Waals surface area contributed by atoms with E-state index in [1.807, 2.05) is 0 Å². The Hall–Kier alpha value is -4.60. The molecule has 0 aliphatic carbocycles. The van der Waals surface area contributed by atoms with Crippen molar-refractivity contribution in [3.63, 3.8) is 0 Å². The number of rotatable bonds is 8. The molecule has 0 saturated carbocycles. The number of nitro groups is 1. The van der Waals surface area contributed by atoms with Gasteiger partial charge in [-0.1, -0.05) is 0 Å². The number of nitrogens with two attached hydrogens (primary N) is 1. The SMILES string of the molecule is CCOc1cc(/C(=N\N)C(=O)c2ccncc2)ccc1OC(=O)c1ccc([N+](=O)[O-])cc1. The number of ketones is 1. The topological polar surface area (TPSA) is 147 Å². The van der Waals surface area contributed by atoms with Crippen molar-refractivity contribution in [3.8, 4) is 11.5 Å². The average molecular weight is 434 g/mol. The van der Waals surface area contributed by atoms with Gasteiger partial charge >= 0.3 is 5.97 Å². The maximum absolute atomic E-state index is 12.8. The van der Waals surface area contributed by atoms with E-state index in [0.29, 0.717) is 11.1 Å². The predicted octanol–water partition coefficient (Wildman–Crippen LogP) is 3.15. The quantitative estimate of drug-likeness (QED) is 0.108. The van der Waals surface area contributed by atoms with Gasteiger partial charge in [-0.2, -0.15) is 5.10 Å². The number of pyridine rings is 1. The number of benzene rings is 2. The molecule has 32 heavy (non-hydrogen) atoms. The van der Waals surface area contributed by atoms with Gasteiger partial charge in [-0.15, -0.1) is 0 Å². The van der Waals surface area contributed by atoms with E-state index in [-0.39, 0.29) is 35.1 Å². The molecule has 10 nitrogen and oxygen atoms in total. The number of non-ortho nitro benzene ring substituents is 1. The lowest BCUT2D eigenvalue weighted by atomic mass is 10.0. The summed E-state index contributed by atoms with van der Waals surface area (Å²) < 4.78 is 11.0. The summed E-state index contributed by atoms with van der Waals surface area (Å²) in [6.07, 6.45) is 2.96. The molecular weight excluding hydrogens is 416 g/mol. The zero-order valence-electron chi connectivity index (χ0n) is 16.9. The molecule has 0 aliphatic heterocycles. The summed E-state index contributed by atoms with van der Waals surface area (Å²) in [5.74, 6) is 4.64. The predicted molar refractivity (Wildman–Crippen MR) is 115 cm³/mol. The van der Waals surface area contributed by atoms with Gasteiger partial charge < -0.3 is 15.3 Å². The smallest absolute Gasteiger partial charge is 0.343 e. The number of aromatic nitrogens is 1. The van der Waals surface area contributed by atoms with E-state index in [0.717, 1.165) is 0 Å². The molecule has 0 radical (unpaired) electrons. The highest BCUT2D eigenvalue weighted by Crippen LogP contribution is 2.30. The molecule has 0 amide bonds. The Bertz CT molecular complexity index is 1180. The van der Waals surface area contributed by atoms with Crippen LogP contribution in [-0.4, -0.2) is 34.0 Å². The second-order valence-corrected chi connectivity index (χ2v) is 6.33. The van der Waals surface area contributed by atoms with Crippen LogP contribution in [0.3, 0.4) is 0 Å². The summed E-state index contributed by atoms with van der Waals surface area (Å²) in [6.45, 7) is 2.01. The number of carbonyl (C=O) groups excluding carboxylic acids is 2. The average Bonchev–Trinajstić information content (AvgIpc) is 2.81. The van der Waals surface area contributed by atoms with Crippen LogP contribution in [0.5, 0.6) is 11.5 Å². The van der Waals surface area contributed by atoms with Crippen molar-refractivity contribution in [2.45, 2.75) is 6.92 Å². The van der Waals surface area contributed by atoms with Gasteiger partial charge in [0.15, 0.2) is 11.5 Å². The van der Waals surface area contributed by atoms with Crippen molar-refractivity contribution in [1.82, 2.24) is 4.98 Å². The van der Waals surface area contributed by atoms with Crippen LogP contribution in [0.25, 0.3) is 0 Å². The van der Waals surface area contributed by atoms with E-state index in [2.05, 4.69) is 10.1 Å². The van der Waals surface area contributed by atoms with Gasteiger partial charge in [-0.25, -0.2) is 4.79 Å². The van der Waals surface area contributed by atoms with Crippen LogP contribution in [0.2, 0.25) is 0 Å². The Balaban J connectivity index is 1.87. The molecule has 10 heteroatoms. The number of hydrogen-bond acceptors (Lipinski definition) is 9. The monoisotopic (exact) mass is 434 g/mol. The highest BCUT2D eigenvalue weighted by atomic mass is 16.6. The Morgan fingerprint density at radius 3 is 2.25 bits per heavy atom. The van der Waals surface area contributed by atoms with Gasteiger partial charge in [0.2, 0.25) is 5.78 Å². The minimum absolute atomic E-state index is 0.00889. The fourth-order valence-electron chi connectivity index (χ4n) is 2.79. The first-order chi connectivity index (χ1) is 15.4. The summed E-state index contributed by atoms with van der Waals surface area (Å²) in [7, 11) is 0. The molecule has 2 aromatic carbocycles. The lowest BCUT2D eigenvalue weighted by Gasteiger charge is -2.13. The van der Waals surface area contributed by atoms with Gasteiger partial charge in [0.25, 0.3) is 5.69 Å². The van der Waals surface area contributed by atoms with E-state index >= 15 is 0 Å². The zero-order chi connectivity index (χ0) is 23.1. The molecule has 162 valence electrons. The van der Waals surface area contributed by atoms with Gasteiger partial charge in [-0.3, -0.25) is 19.9 Å². The normalized spacial score (nSPS) is 11.0. The number of esters is 1. The summed E-state index contributed by atoms with van der Waals surface area (Å²) >= 11 is 0. The summed E-state index contributed by atoms with van der Waals surface area (Å²) in [5.41, 5.74) is 0.696. The molecule has 2 N–H and O–H groups in total. The highest BCUT2D eigenvalue weighted by Gasteiger charge is 2.20. The first kappa shape index (κ1) is 22.1. The molecule has 3 rings (SSSR count). The van der Waals surface area contributed by atoms with E-state index < -0.39 is 16.7 Å². The van der Waals surface area contributed by atoms with Crippen LogP contribution in [0.1, 0.15) is 33.2 Å². The van der Waals surface area contributed by atoms with Crippen molar-refractivity contribution < 1.29 is 24.0 Å². The van der Waals surface area contributed by atoms with Gasteiger partial charge in [0.05, 0.1) is 17.1 Å². The molecule has 0 aliphatic rings. The number of carbonyl (C=O) groups is 2. The zero-order valence-corrected chi connectivity index (χ0v) is 16.9. The molecule has 0 fully saturated rings. The van der Waals surface area contributed by atoms with Crippen LogP contribution in [0.4, 0.5) is 5.69 Å². The molecule has 1 aromatic heterocycles. The molecule has 0 unspecified atom stereocenters. The first-order valence-electron chi connectivity index (χ1n) is 9.41. The van der Waals surface area contributed by atoms with Crippen molar-refractivity contribution >= 4 is 23.2 Å². The van der Waals surface area contributed by atoms with E-state index in [4.69, 9.17) is 15.3 Å². The Kier molecular flexibility index (Phi) is 6.86. The molecule has 0 atom stereocenters. The summed E-state index contributed by atoms with van der Waals surface area (Å²) in [4.78, 5) is 39.3. The molecule has 0 spiro atoms. The second kappa shape index (κ2) is 9.94. The van der Waals surface area contributed by atoms with E-state index in [9.17, 15) is 19.7 Å². The third-order valence-corrected chi connectivity index (χ3v) is 4.32. The van der Waals surface area contributed by atoms with E-state index in [1.54, 1.807) is 6.92 Å².